The Bertz CT molecular complexity index is 1260. The standard InChI is InChI=1S/C20H17ClN6O2S/c1-14-23-19(13-20(24-14)27-12-2-11-22-27)25-16-5-7-17(8-6-16)26-30(28,29)18-9-3-15(21)4-10-18/h2-13,26H,1H3,(H,23,24,25). The zero-order valence-corrected chi connectivity index (χ0v) is 17.4. The van der Waals surface area contributed by atoms with Gasteiger partial charge >= 0.3 is 0 Å². The zero-order chi connectivity index (χ0) is 21.1. The molecular formula is C20H17ClN6O2S. The Morgan fingerprint density at radius 1 is 0.967 bits per heavy atom. The van der Waals surface area contributed by atoms with Gasteiger partial charge in [0.2, 0.25) is 0 Å². The molecule has 10 heteroatoms. The summed E-state index contributed by atoms with van der Waals surface area (Å²) in [6, 6.07) is 16.4. The van der Waals surface area contributed by atoms with Gasteiger partial charge in [-0.15, -0.1) is 0 Å². The van der Waals surface area contributed by atoms with Crippen molar-refractivity contribution in [3.8, 4) is 5.82 Å². The molecule has 0 aliphatic rings. The summed E-state index contributed by atoms with van der Waals surface area (Å²) < 4.78 is 29.2. The van der Waals surface area contributed by atoms with E-state index in [0.29, 0.717) is 28.2 Å². The predicted molar refractivity (Wildman–Crippen MR) is 116 cm³/mol. The van der Waals surface area contributed by atoms with Crippen LogP contribution in [0.1, 0.15) is 5.82 Å². The van der Waals surface area contributed by atoms with E-state index in [1.165, 1.54) is 24.3 Å². The van der Waals surface area contributed by atoms with Gasteiger partial charge in [-0.05, 0) is 61.5 Å². The Morgan fingerprint density at radius 3 is 2.33 bits per heavy atom. The van der Waals surface area contributed by atoms with Gasteiger partial charge in [0.1, 0.15) is 11.6 Å². The monoisotopic (exact) mass is 440 g/mol. The lowest BCUT2D eigenvalue weighted by Gasteiger charge is -2.11. The van der Waals surface area contributed by atoms with Crippen molar-refractivity contribution in [3.63, 3.8) is 0 Å². The number of benzene rings is 2. The highest BCUT2D eigenvalue weighted by atomic mass is 35.5. The highest BCUT2D eigenvalue weighted by Crippen LogP contribution is 2.22. The molecule has 2 aromatic heterocycles. The van der Waals surface area contributed by atoms with E-state index in [1.807, 2.05) is 6.07 Å². The van der Waals surface area contributed by atoms with E-state index in [9.17, 15) is 8.42 Å². The van der Waals surface area contributed by atoms with Crippen LogP contribution in [0.15, 0.2) is 78.0 Å². The fourth-order valence-electron chi connectivity index (χ4n) is 2.73. The van der Waals surface area contributed by atoms with Crippen LogP contribution in [0, 0.1) is 6.92 Å². The molecule has 2 heterocycles. The SMILES string of the molecule is Cc1nc(Nc2ccc(NS(=O)(=O)c3ccc(Cl)cc3)cc2)cc(-n2cccn2)n1. The second-order valence-electron chi connectivity index (χ2n) is 6.37. The second kappa shape index (κ2) is 8.13. The lowest BCUT2D eigenvalue weighted by atomic mass is 10.3. The maximum Gasteiger partial charge on any atom is 0.261 e. The molecule has 0 aliphatic heterocycles. The molecule has 152 valence electrons. The fourth-order valence-corrected chi connectivity index (χ4v) is 3.92. The molecule has 4 aromatic rings. The summed E-state index contributed by atoms with van der Waals surface area (Å²) in [5.74, 6) is 1.84. The summed E-state index contributed by atoms with van der Waals surface area (Å²) >= 11 is 5.82. The number of aromatic nitrogens is 4. The van der Waals surface area contributed by atoms with Gasteiger partial charge in [0.05, 0.1) is 4.90 Å². The molecule has 2 aromatic carbocycles. The van der Waals surface area contributed by atoms with Crippen molar-refractivity contribution in [1.82, 2.24) is 19.7 Å². The highest BCUT2D eigenvalue weighted by Gasteiger charge is 2.14. The number of hydrogen-bond donors (Lipinski definition) is 2. The van der Waals surface area contributed by atoms with Gasteiger partial charge in [0.15, 0.2) is 5.82 Å². The lowest BCUT2D eigenvalue weighted by Crippen LogP contribution is -2.12. The Kier molecular flexibility index (Phi) is 5.39. The smallest absolute Gasteiger partial charge is 0.261 e. The zero-order valence-electron chi connectivity index (χ0n) is 15.8. The first-order valence-corrected chi connectivity index (χ1v) is 10.8. The summed E-state index contributed by atoms with van der Waals surface area (Å²) in [5.41, 5.74) is 1.18. The molecule has 0 atom stereocenters. The van der Waals surface area contributed by atoms with Crippen LogP contribution in [0.2, 0.25) is 5.02 Å². The molecule has 0 spiro atoms. The van der Waals surface area contributed by atoms with Gasteiger partial charge < -0.3 is 5.32 Å². The predicted octanol–water partition coefficient (Wildman–Crippen LogP) is 4.17. The number of halogens is 1. The lowest BCUT2D eigenvalue weighted by molar-refractivity contribution is 0.601. The number of hydrogen-bond acceptors (Lipinski definition) is 6. The molecule has 8 nitrogen and oxygen atoms in total. The van der Waals surface area contributed by atoms with Gasteiger partial charge in [-0.3, -0.25) is 4.72 Å². The first-order chi connectivity index (χ1) is 14.4. The first kappa shape index (κ1) is 19.9. The van der Waals surface area contributed by atoms with E-state index in [1.54, 1.807) is 54.3 Å². The third-order valence-electron chi connectivity index (χ3n) is 4.10. The van der Waals surface area contributed by atoms with Crippen LogP contribution in [0.4, 0.5) is 17.2 Å². The number of nitrogens with one attached hydrogen (secondary N) is 2. The third kappa shape index (κ3) is 4.58. The van der Waals surface area contributed by atoms with Crippen molar-refractivity contribution in [2.45, 2.75) is 11.8 Å². The van der Waals surface area contributed by atoms with E-state index < -0.39 is 10.0 Å². The second-order valence-corrected chi connectivity index (χ2v) is 8.49. The summed E-state index contributed by atoms with van der Waals surface area (Å²) in [6.07, 6.45) is 3.47. The summed E-state index contributed by atoms with van der Waals surface area (Å²) in [6.45, 7) is 1.80. The number of nitrogens with zero attached hydrogens (tertiary/aromatic N) is 4. The minimum Gasteiger partial charge on any atom is -0.340 e. The molecule has 0 saturated heterocycles. The summed E-state index contributed by atoms with van der Waals surface area (Å²) in [4.78, 5) is 8.89. The van der Waals surface area contributed by atoms with Crippen molar-refractivity contribution >= 4 is 38.8 Å². The minimum absolute atomic E-state index is 0.136. The third-order valence-corrected chi connectivity index (χ3v) is 5.75. The van der Waals surface area contributed by atoms with Gasteiger partial charge in [0, 0.05) is 34.9 Å². The Morgan fingerprint density at radius 2 is 1.67 bits per heavy atom. The quantitative estimate of drug-likeness (QED) is 0.466. The maximum absolute atomic E-state index is 12.5. The number of anilines is 3. The van der Waals surface area contributed by atoms with Crippen LogP contribution in [-0.4, -0.2) is 28.2 Å². The molecule has 4 rings (SSSR count). The van der Waals surface area contributed by atoms with Gasteiger partial charge in [0.25, 0.3) is 10.0 Å². The molecule has 30 heavy (non-hydrogen) atoms. The molecule has 0 bridgehead atoms. The van der Waals surface area contributed by atoms with E-state index in [-0.39, 0.29) is 4.90 Å². The van der Waals surface area contributed by atoms with Crippen molar-refractivity contribution in [2.75, 3.05) is 10.0 Å². The molecule has 0 radical (unpaired) electrons. The van der Waals surface area contributed by atoms with Gasteiger partial charge in [-0.25, -0.2) is 23.1 Å². The van der Waals surface area contributed by atoms with Crippen molar-refractivity contribution in [1.29, 1.82) is 0 Å². The van der Waals surface area contributed by atoms with Crippen molar-refractivity contribution < 1.29 is 8.42 Å². The van der Waals surface area contributed by atoms with Crippen LogP contribution in [0.5, 0.6) is 0 Å². The maximum atomic E-state index is 12.5. The van der Waals surface area contributed by atoms with Gasteiger partial charge in [-0.1, -0.05) is 11.6 Å². The number of rotatable bonds is 6. The molecular weight excluding hydrogens is 424 g/mol. The van der Waals surface area contributed by atoms with Crippen LogP contribution >= 0.6 is 11.6 Å². The van der Waals surface area contributed by atoms with E-state index in [0.717, 1.165) is 5.69 Å². The van der Waals surface area contributed by atoms with E-state index in [4.69, 9.17) is 11.6 Å². The molecule has 0 unspecified atom stereocenters. The van der Waals surface area contributed by atoms with Gasteiger partial charge in [-0.2, -0.15) is 5.10 Å². The van der Waals surface area contributed by atoms with E-state index >= 15 is 0 Å². The first-order valence-electron chi connectivity index (χ1n) is 8.90. The average Bonchev–Trinajstić information content (AvgIpc) is 3.24. The number of sulfonamides is 1. The van der Waals surface area contributed by atoms with Crippen LogP contribution in [0.25, 0.3) is 5.82 Å². The summed E-state index contributed by atoms with van der Waals surface area (Å²) in [7, 11) is -3.70. The Labute approximate surface area is 178 Å². The Balaban J connectivity index is 1.50. The van der Waals surface area contributed by atoms with E-state index in [2.05, 4.69) is 25.1 Å². The largest absolute Gasteiger partial charge is 0.340 e. The topological polar surface area (TPSA) is 102 Å². The molecule has 0 saturated carbocycles. The van der Waals surface area contributed by atoms with Crippen LogP contribution in [-0.2, 0) is 10.0 Å². The highest BCUT2D eigenvalue weighted by molar-refractivity contribution is 7.92. The molecule has 0 amide bonds. The average molecular weight is 441 g/mol. The Hall–Kier alpha value is -3.43. The summed E-state index contributed by atoms with van der Waals surface area (Å²) in [5, 5.41) is 7.84. The van der Waals surface area contributed by atoms with Crippen LogP contribution < -0.4 is 10.0 Å². The van der Waals surface area contributed by atoms with Crippen LogP contribution in [0.3, 0.4) is 0 Å². The minimum atomic E-state index is -3.70. The number of aryl methyl sites for hydroxylation is 1. The molecule has 0 aliphatic carbocycles. The molecule has 2 N–H and O–H groups in total. The van der Waals surface area contributed by atoms with Crippen molar-refractivity contribution in [2.24, 2.45) is 0 Å². The van der Waals surface area contributed by atoms with Crippen molar-refractivity contribution in [3.05, 3.63) is 83.9 Å². The fraction of sp³-hybridized carbons (Fsp3) is 0.0500. The normalized spacial score (nSPS) is 11.3. The molecule has 0 fully saturated rings.